The van der Waals surface area contributed by atoms with Gasteiger partial charge in [0.1, 0.15) is 0 Å². The van der Waals surface area contributed by atoms with Crippen molar-refractivity contribution in [2.75, 3.05) is 12.8 Å². The molecule has 1 nitrogen and oxygen atoms in total. The van der Waals surface area contributed by atoms with Crippen LogP contribution in [-0.2, 0) is 4.74 Å². The summed E-state index contributed by atoms with van der Waals surface area (Å²) in [7, 11) is 1.08. The Labute approximate surface area is 247 Å². The molecule has 0 spiro atoms. The van der Waals surface area contributed by atoms with E-state index in [1.807, 2.05) is 0 Å². The minimum absolute atomic E-state index is 0.215. The van der Waals surface area contributed by atoms with Crippen molar-refractivity contribution in [1.29, 1.82) is 0 Å². The lowest BCUT2D eigenvalue weighted by Gasteiger charge is -2.26. The van der Waals surface area contributed by atoms with Crippen LogP contribution in [0.5, 0.6) is 0 Å². The minimum atomic E-state index is 0.215. The second-order valence-electron chi connectivity index (χ2n) is 12.1. The summed E-state index contributed by atoms with van der Waals surface area (Å²) in [5, 5.41) is 0. The molecule has 0 saturated heterocycles. The summed E-state index contributed by atoms with van der Waals surface area (Å²) in [6.45, 7) is 19.8. The molecular weight excluding hydrogens is 491 g/mol. The molecule has 3 unspecified atom stereocenters. The lowest BCUT2D eigenvalue weighted by molar-refractivity contribution is -0.0135. The van der Waals surface area contributed by atoms with E-state index in [0.29, 0.717) is 6.10 Å². The maximum Gasteiger partial charge on any atom is 0.0800 e. The molecule has 0 aromatic heterocycles. The van der Waals surface area contributed by atoms with Gasteiger partial charge < -0.3 is 4.74 Å². The van der Waals surface area contributed by atoms with E-state index in [-0.39, 0.29) is 6.10 Å². The van der Waals surface area contributed by atoms with E-state index < -0.39 is 0 Å². The summed E-state index contributed by atoms with van der Waals surface area (Å²) in [6.07, 6.45) is 24.1. The Morgan fingerprint density at radius 1 is 0.821 bits per heavy atom. The summed E-state index contributed by atoms with van der Waals surface area (Å²) in [6, 6.07) is 10.6. The maximum atomic E-state index is 6.28. The van der Waals surface area contributed by atoms with Crippen molar-refractivity contribution in [2.45, 2.75) is 151 Å². The monoisotopic (exact) mass is 558 g/mol. The molecule has 3 rings (SSSR count). The van der Waals surface area contributed by atoms with Crippen molar-refractivity contribution in [3.05, 3.63) is 59.2 Å². The Kier molecular flexibility index (Phi) is 25.4. The number of ether oxygens (including phenoxy) is 1. The van der Waals surface area contributed by atoms with Gasteiger partial charge in [0.15, 0.2) is 0 Å². The highest BCUT2D eigenvalue weighted by Crippen LogP contribution is 2.30. The second kappa shape index (κ2) is 26.0. The van der Waals surface area contributed by atoms with Crippen LogP contribution >= 0.6 is 8.58 Å². The van der Waals surface area contributed by atoms with Crippen LogP contribution in [0.15, 0.2) is 53.6 Å². The molecular formula is C37H67OP. The second-order valence-corrected chi connectivity index (χ2v) is 13.1. The Hall–Kier alpha value is -0.910. The molecule has 2 aliphatic carbocycles. The molecule has 0 aliphatic heterocycles. The molecule has 0 bridgehead atoms. The van der Waals surface area contributed by atoms with Crippen molar-refractivity contribution in [3.63, 3.8) is 0 Å². The Balaban J connectivity index is 0.000000634. The largest absolute Gasteiger partial charge is 0.371 e. The Bertz CT molecular complexity index is 709. The number of allylic oxidation sites excluding steroid dienone is 4. The Morgan fingerprint density at radius 2 is 1.38 bits per heavy atom. The average Bonchev–Trinajstić information content (AvgIpc) is 2.97. The summed E-state index contributed by atoms with van der Waals surface area (Å²) in [4.78, 5) is 0. The van der Waals surface area contributed by atoms with Gasteiger partial charge in [-0.2, -0.15) is 0 Å². The molecule has 1 aromatic carbocycles. The summed E-state index contributed by atoms with van der Waals surface area (Å²) >= 11 is 0. The fourth-order valence-corrected chi connectivity index (χ4v) is 5.50. The highest BCUT2D eigenvalue weighted by atomic mass is 31.1. The van der Waals surface area contributed by atoms with Crippen molar-refractivity contribution < 1.29 is 4.74 Å². The van der Waals surface area contributed by atoms with E-state index in [0.717, 1.165) is 26.8 Å². The number of hydrogen-bond donors (Lipinski definition) is 0. The molecule has 0 radical (unpaired) electrons. The summed E-state index contributed by atoms with van der Waals surface area (Å²) < 4.78 is 6.28. The van der Waals surface area contributed by atoms with Crippen LogP contribution in [0, 0.1) is 11.8 Å². The maximum absolute atomic E-state index is 6.28. The first kappa shape index (κ1) is 38.1. The summed E-state index contributed by atoms with van der Waals surface area (Å²) in [5.74, 6) is 1.80. The van der Waals surface area contributed by atoms with Gasteiger partial charge >= 0.3 is 0 Å². The van der Waals surface area contributed by atoms with Gasteiger partial charge in [-0.15, -0.1) is 8.58 Å². The first-order valence-corrected chi connectivity index (χ1v) is 18.2. The van der Waals surface area contributed by atoms with E-state index >= 15 is 0 Å². The van der Waals surface area contributed by atoms with Gasteiger partial charge in [0.25, 0.3) is 0 Å². The third-order valence-electron chi connectivity index (χ3n) is 7.42. The van der Waals surface area contributed by atoms with Crippen molar-refractivity contribution >= 4 is 8.58 Å². The third-order valence-corrected chi connectivity index (χ3v) is 8.23. The minimum Gasteiger partial charge on any atom is -0.371 e. The highest BCUT2D eigenvalue weighted by Gasteiger charge is 2.18. The van der Waals surface area contributed by atoms with Crippen LogP contribution < -0.4 is 0 Å². The molecule has 39 heavy (non-hydrogen) atoms. The van der Waals surface area contributed by atoms with Gasteiger partial charge in [-0.05, 0) is 75.7 Å². The molecule has 226 valence electrons. The molecule has 0 N–H and O–H groups in total. The standard InChI is InChI=1S/C19H30O.C10H17P.2C4H10/c1-3-19(15-14-17-10-6-4-7-11-17)20-16(2)18-12-8-5-9-13-18;1-3-9-4-6-10(7-5-9)8-11-2;1-4(2)3;1-3-4-2/h5,8-9,12-13,16-17,19H,3-4,6-7,10-11,14-15H2,1-2H3;4,6,11H,3,5,7-8H2,1-2H3;4H,1-3H3;3-4H2,1-2H3. The zero-order chi connectivity index (χ0) is 29.3. The van der Waals surface area contributed by atoms with Crippen LogP contribution in [-0.4, -0.2) is 18.9 Å². The van der Waals surface area contributed by atoms with Crippen LogP contribution in [0.4, 0.5) is 0 Å². The SMILES string of the molecule is CC(C)C.CCC(CCC1CCCCC1)OC(C)c1ccccc1.CCC1=CC=C(CPC)CC1.CCCC. The number of benzene rings is 1. The van der Waals surface area contributed by atoms with Crippen LogP contribution in [0.1, 0.15) is 151 Å². The third kappa shape index (κ3) is 21.5. The van der Waals surface area contributed by atoms with Gasteiger partial charge in [-0.25, -0.2) is 0 Å². The molecule has 0 heterocycles. The highest BCUT2D eigenvalue weighted by molar-refractivity contribution is 7.37. The van der Waals surface area contributed by atoms with Crippen LogP contribution in [0.2, 0.25) is 0 Å². The molecule has 1 fully saturated rings. The van der Waals surface area contributed by atoms with Gasteiger partial charge in [-0.1, -0.05) is 147 Å². The smallest absolute Gasteiger partial charge is 0.0800 e. The summed E-state index contributed by atoms with van der Waals surface area (Å²) in [5.41, 5.74) is 4.57. The quantitative estimate of drug-likeness (QED) is 0.245. The van der Waals surface area contributed by atoms with E-state index in [9.17, 15) is 0 Å². The number of unbranched alkanes of at least 4 members (excludes halogenated alkanes) is 1. The Morgan fingerprint density at radius 3 is 1.85 bits per heavy atom. The molecule has 1 aromatic rings. The van der Waals surface area contributed by atoms with Gasteiger partial charge in [0.05, 0.1) is 12.2 Å². The van der Waals surface area contributed by atoms with Crippen molar-refractivity contribution in [2.24, 2.45) is 11.8 Å². The molecule has 1 saturated carbocycles. The molecule has 3 atom stereocenters. The molecule has 2 aliphatic rings. The van der Waals surface area contributed by atoms with Crippen LogP contribution in [0.3, 0.4) is 0 Å². The van der Waals surface area contributed by atoms with E-state index in [1.165, 1.54) is 88.8 Å². The van der Waals surface area contributed by atoms with Gasteiger partial charge in [0, 0.05) is 0 Å². The van der Waals surface area contributed by atoms with E-state index in [2.05, 4.69) is 105 Å². The van der Waals surface area contributed by atoms with Gasteiger partial charge in [0.2, 0.25) is 0 Å². The normalized spacial score (nSPS) is 17.1. The lowest BCUT2D eigenvalue weighted by atomic mass is 9.85. The predicted octanol–water partition coefficient (Wildman–Crippen LogP) is 12.7. The molecule has 0 amide bonds. The number of rotatable bonds is 11. The number of hydrogen-bond acceptors (Lipinski definition) is 1. The fraction of sp³-hybridized carbons (Fsp3) is 0.730. The molecule has 2 heteroatoms. The van der Waals surface area contributed by atoms with Crippen LogP contribution in [0.25, 0.3) is 0 Å². The first-order chi connectivity index (χ1) is 18.8. The zero-order valence-corrected chi connectivity index (χ0v) is 28.7. The topological polar surface area (TPSA) is 9.23 Å². The van der Waals surface area contributed by atoms with E-state index in [1.54, 1.807) is 11.1 Å². The fourth-order valence-electron chi connectivity index (χ4n) is 4.75. The first-order valence-electron chi connectivity index (χ1n) is 16.5. The lowest BCUT2D eigenvalue weighted by Crippen LogP contribution is -2.17. The van der Waals surface area contributed by atoms with Crippen molar-refractivity contribution in [1.82, 2.24) is 0 Å². The van der Waals surface area contributed by atoms with E-state index in [4.69, 9.17) is 4.74 Å². The van der Waals surface area contributed by atoms with Gasteiger partial charge in [-0.3, -0.25) is 0 Å². The van der Waals surface area contributed by atoms with Crippen molar-refractivity contribution in [3.8, 4) is 0 Å². The predicted molar refractivity (Wildman–Crippen MR) is 182 cm³/mol. The average molecular weight is 559 g/mol. The zero-order valence-electron chi connectivity index (χ0n) is 27.7.